The van der Waals surface area contributed by atoms with E-state index in [4.69, 9.17) is 0 Å². The second kappa shape index (κ2) is 7.43. The quantitative estimate of drug-likeness (QED) is 0.417. The molecule has 2 bridgehead atoms. The zero-order chi connectivity index (χ0) is 19.7. The van der Waals surface area contributed by atoms with Crippen LogP contribution >= 0.6 is 0 Å². The summed E-state index contributed by atoms with van der Waals surface area (Å²) < 4.78 is 33.4. The molecule has 0 aromatic carbocycles. The number of rotatable bonds is 5. The number of hydrogen-bond donors (Lipinski definition) is 0. The molecule has 3 unspecified atom stereocenters. The molecular formula is C18H39N2O4S+. The molecule has 0 amide bonds. The van der Waals surface area contributed by atoms with Crippen LogP contribution in [0.15, 0.2) is 0 Å². The zero-order valence-electron chi connectivity index (χ0n) is 17.5. The SMILES string of the molecule is CC12CCC(C[N+](C)(CCC[N+](C)(C)C)C1)C2(C)C.COS(=O)(=O)[O-]. The molecule has 0 spiro atoms. The minimum Gasteiger partial charge on any atom is -0.726 e. The lowest BCUT2D eigenvalue weighted by atomic mass is 9.62. The van der Waals surface area contributed by atoms with Gasteiger partial charge in [-0.05, 0) is 18.3 Å². The van der Waals surface area contributed by atoms with Gasteiger partial charge >= 0.3 is 0 Å². The maximum absolute atomic E-state index is 9.22. The van der Waals surface area contributed by atoms with E-state index in [1.54, 1.807) is 0 Å². The van der Waals surface area contributed by atoms with E-state index in [9.17, 15) is 13.0 Å². The number of nitrogens with zero attached hydrogens (tertiary/aromatic N) is 2. The third-order valence-electron chi connectivity index (χ3n) is 6.74. The smallest absolute Gasteiger partial charge is 0.217 e. The van der Waals surface area contributed by atoms with Crippen LogP contribution in [0.4, 0.5) is 0 Å². The van der Waals surface area contributed by atoms with E-state index in [1.807, 2.05) is 0 Å². The van der Waals surface area contributed by atoms with E-state index < -0.39 is 10.4 Å². The average molecular weight is 380 g/mol. The highest BCUT2D eigenvalue weighted by Gasteiger charge is 2.60. The normalized spacial score (nSPS) is 34.4. The van der Waals surface area contributed by atoms with Crippen molar-refractivity contribution in [2.24, 2.45) is 16.7 Å². The minimum absolute atomic E-state index is 0.560. The molecule has 2 fully saturated rings. The van der Waals surface area contributed by atoms with Crippen LogP contribution in [0, 0.1) is 16.7 Å². The Labute approximate surface area is 155 Å². The van der Waals surface area contributed by atoms with Crippen molar-refractivity contribution in [2.45, 2.75) is 40.0 Å². The summed E-state index contributed by atoms with van der Waals surface area (Å²) in [5, 5.41) is 0. The molecule has 3 atom stereocenters. The van der Waals surface area contributed by atoms with Gasteiger partial charge in [-0.25, -0.2) is 8.42 Å². The minimum atomic E-state index is -4.41. The molecular weight excluding hydrogens is 340 g/mol. The van der Waals surface area contributed by atoms with Crippen LogP contribution in [0.2, 0.25) is 0 Å². The van der Waals surface area contributed by atoms with Gasteiger partial charge in [-0.2, -0.15) is 0 Å². The number of piperidine rings is 1. The molecule has 1 heterocycles. The monoisotopic (exact) mass is 379 g/mol. The van der Waals surface area contributed by atoms with Gasteiger partial charge in [-0.1, -0.05) is 20.8 Å². The molecule has 7 heteroatoms. The van der Waals surface area contributed by atoms with Gasteiger partial charge in [0.2, 0.25) is 10.4 Å². The van der Waals surface area contributed by atoms with Gasteiger partial charge in [0, 0.05) is 17.8 Å². The Morgan fingerprint density at radius 2 is 1.76 bits per heavy atom. The number of fused-ring (bicyclic) bond motifs is 2. The number of quaternary nitrogens is 2. The molecule has 0 N–H and O–H groups in total. The van der Waals surface area contributed by atoms with Gasteiger partial charge < -0.3 is 13.5 Å². The van der Waals surface area contributed by atoms with Gasteiger partial charge in [0.05, 0.1) is 61.5 Å². The summed E-state index contributed by atoms with van der Waals surface area (Å²) in [6.07, 6.45) is 4.28. The lowest BCUT2D eigenvalue weighted by Gasteiger charge is -2.54. The van der Waals surface area contributed by atoms with Crippen molar-refractivity contribution in [1.82, 2.24) is 0 Å². The number of likely N-dealkylation sites (tertiary alicyclic amines) is 1. The molecule has 1 aliphatic heterocycles. The van der Waals surface area contributed by atoms with Crippen molar-refractivity contribution in [3.05, 3.63) is 0 Å². The van der Waals surface area contributed by atoms with E-state index in [0.29, 0.717) is 10.8 Å². The Hall–Kier alpha value is -0.210. The van der Waals surface area contributed by atoms with Gasteiger partial charge in [0.15, 0.2) is 0 Å². The molecule has 2 rings (SSSR count). The molecule has 25 heavy (non-hydrogen) atoms. The zero-order valence-corrected chi connectivity index (χ0v) is 18.3. The van der Waals surface area contributed by atoms with E-state index >= 15 is 0 Å². The highest BCUT2D eigenvalue weighted by molar-refractivity contribution is 7.80. The molecule has 0 aromatic rings. The number of hydrogen-bond acceptors (Lipinski definition) is 4. The lowest BCUT2D eigenvalue weighted by molar-refractivity contribution is -0.931. The molecule has 1 saturated heterocycles. The van der Waals surface area contributed by atoms with Gasteiger partial charge in [0.1, 0.15) is 0 Å². The van der Waals surface area contributed by atoms with Crippen molar-refractivity contribution in [3.63, 3.8) is 0 Å². The summed E-state index contributed by atoms with van der Waals surface area (Å²) in [5.74, 6) is 0.945. The third kappa shape index (κ3) is 6.17. The average Bonchev–Trinajstić information content (AvgIpc) is 2.55. The maximum Gasteiger partial charge on any atom is 0.217 e. The van der Waals surface area contributed by atoms with E-state index in [1.165, 1.54) is 49.9 Å². The second-order valence-corrected chi connectivity index (χ2v) is 11.3. The molecule has 6 nitrogen and oxygen atoms in total. The molecule has 0 radical (unpaired) electrons. The lowest BCUT2D eigenvalue weighted by Crippen LogP contribution is -2.61. The van der Waals surface area contributed by atoms with Crippen molar-refractivity contribution in [1.29, 1.82) is 0 Å². The van der Waals surface area contributed by atoms with Crippen molar-refractivity contribution >= 4 is 10.4 Å². The van der Waals surface area contributed by atoms with Crippen molar-refractivity contribution in [2.75, 3.05) is 61.5 Å². The Kier molecular flexibility index (Phi) is 6.78. The van der Waals surface area contributed by atoms with Gasteiger partial charge in [-0.3, -0.25) is 4.18 Å². The molecule has 1 aliphatic carbocycles. The fourth-order valence-corrected chi connectivity index (χ4v) is 4.81. The Morgan fingerprint density at radius 3 is 2.16 bits per heavy atom. The first-order valence-electron chi connectivity index (χ1n) is 9.19. The highest BCUT2D eigenvalue weighted by atomic mass is 32.3. The third-order valence-corrected chi connectivity index (χ3v) is 7.15. The van der Waals surface area contributed by atoms with Crippen molar-refractivity contribution in [3.8, 4) is 0 Å². The van der Waals surface area contributed by atoms with Crippen LogP contribution in [0.5, 0.6) is 0 Å². The van der Waals surface area contributed by atoms with Crippen LogP contribution in [-0.4, -0.2) is 83.4 Å². The van der Waals surface area contributed by atoms with E-state index in [0.717, 1.165) is 17.5 Å². The first kappa shape index (κ1) is 22.8. The Morgan fingerprint density at radius 1 is 1.24 bits per heavy atom. The first-order valence-corrected chi connectivity index (χ1v) is 10.5. The molecule has 1 saturated carbocycles. The van der Waals surface area contributed by atoms with Gasteiger partial charge in [0.25, 0.3) is 0 Å². The van der Waals surface area contributed by atoms with E-state index in [-0.39, 0.29) is 0 Å². The largest absolute Gasteiger partial charge is 0.726 e. The summed E-state index contributed by atoms with van der Waals surface area (Å²) in [5.41, 5.74) is 1.13. The Bertz CT molecular complexity index is 556. The summed E-state index contributed by atoms with van der Waals surface area (Å²) >= 11 is 0. The summed E-state index contributed by atoms with van der Waals surface area (Å²) in [6, 6.07) is 0. The predicted molar refractivity (Wildman–Crippen MR) is 99.6 cm³/mol. The summed E-state index contributed by atoms with van der Waals surface area (Å²) in [6.45, 7) is 13.1. The molecule has 150 valence electrons. The molecule has 0 aromatic heterocycles. The fourth-order valence-electron chi connectivity index (χ4n) is 4.81. The van der Waals surface area contributed by atoms with Crippen LogP contribution in [0.1, 0.15) is 40.0 Å². The van der Waals surface area contributed by atoms with Crippen LogP contribution in [-0.2, 0) is 14.6 Å². The Balaban J connectivity index is 0.000000450. The van der Waals surface area contributed by atoms with Crippen molar-refractivity contribution < 1.29 is 26.1 Å². The summed E-state index contributed by atoms with van der Waals surface area (Å²) in [4.78, 5) is 0. The van der Waals surface area contributed by atoms with Gasteiger partial charge in [-0.15, -0.1) is 0 Å². The standard InChI is InChI=1S/C17H36N2.CH4O4S/c1-16(2)15-9-10-17(16,3)14-19(7,13-15)12-8-11-18(4,5)6;1-5-6(2,3)4/h15H,8-14H2,1-7H3;1H3,(H,2,3,4)/q+2;/p-1. The predicted octanol–water partition coefficient (Wildman–Crippen LogP) is 2.08. The topological polar surface area (TPSA) is 66.4 Å². The molecule has 2 aliphatic rings. The van der Waals surface area contributed by atoms with Crippen LogP contribution in [0.25, 0.3) is 0 Å². The highest BCUT2D eigenvalue weighted by Crippen LogP contribution is 2.60. The van der Waals surface area contributed by atoms with Crippen LogP contribution < -0.4 is 0 Å². The first-order chi connectivity index (χ1) is 11.0. The van der Waals surface area contributed by atoms with E-state index in [2.05, 4.69) is 53.1 Å². The van der Waals surface area contributed by atoms with Crippen LogP contribution in [0.3, 0.4) is 0 Å². The fraction of sp³-hybridized carbons (Fsp3) is 1.00. The summed E-state index contributed by atoms with van der Waals surface area (Å²) in [7, 11) is 5.84. The maximum atomic E-state index is 9.22. The second-order valence-electron chi connectivity index (χ2n) is 10.1.